The lowest BCUT2D eigenvalue weighted by Gasteiger charge is -2.16. The molecule has 2 heterocycles. The van der Waals surface area contributed by atoms with Gasteiger partial charge in [-0.1, -0.05) is 72.8 Å². The summed E-state index contributed by atoms with van der Waals surface area (Å²) >= 11 is 0. The molecular formula is C38H20N2O2. The molecule has 6 aromatic carbocycles. The van der Waals surface area contributed by atoms with Gasteiger partial charge in [0.1, 0.15) is 28.4 Å². The molecule has 0 unspecified atom stereocenters. The van der Waals surface area contributed by atoms with Crippen molar-refractivity contribution in [3.63, 3.8) is 0 Å². The molecule has 0 fully saturated rings. The molecule has 0 N–H and O–H groups in total. The standard InChI is InChI=1S/C38H20N2O2/c39-21-23-8-5-9-24(18-23)30-19-25(26-12-6-16-35-37(26)28-10-1-3-14-33(28)41-35)20-31(32(30)22-40)27-13-7-17-36-38(27)29-11-2-4-15-34(29)42-36/h1-20H. The average molecular weight is 537 g/mol. The number of rotatable bonds is 3. The normalized spacial score (nSPS) is 11.3. The zero-order chi connectivity index (χ0) is 28.2. The minimum absolute atomic E-state index is 0.536. The number of para-hydroxylation sites is 2. The molecule has 0 amide bonds. The Hall–Kier alpha value is -6.10. The SMILES string of the molecule is N#Cc1cccc(-c2cc(-c3cccc4oc5ccccc5c34)cc(-c3cccc4oc5ccccc5c34)c2C#N)c1. The van der Waals surface area contributed by atoms with Gasteiger partial charge in [0.15, 0.2) is 0 Å². The molecule has 0 atom stereocenters. The molecule has 0 bridgehead atoms. The molecule has 4 heteroatoms. The van der Waals surface area contributed by atoms with E-state index < -0.39 is 0 Å². The lowest BCUT2D eigenvalue weighted by molar-refractivity contribution is 0.668. The van der Waals surface area contributed by atoms with Gasteiger partial charge in [0.2, 0.25) is 0 Å². The van der Waals surface area contributed by atoms with Crippen LogP contribution >= 0.6 is 0 Å². The maximum absolute atomic E-state index is 10.7. The third kappa shape index (κ3) is 3.53. The number of hydrogen-bond acceptors (Lipinski definition) is 4. The molecule has 2 aromatic heterocycles. The van der Waals surface area contributed by atoms with E-state index in [4.69, 9.17) is 8.83 Å². The maximum Gasteiger partial charge on any atom is 0.136 e. The molecule has 8 rings (SSSR count). The van der Waals surface area contributed by atoms with Crippen molar-refractivity contribution in [3.8, 4) is 45.5 Å². The van der Waals surface area contributed by atoms with Crippen molar-refractivity contribution < 1.29 is 8.83 Å². The predicted octanol–water partition coefficient (Wildman–Crippen LogP) is 10.2. The monoisotopic (exact) mass is 536 g/mol. The van der Waals surface area contributed by atoms with E-state index in [1.165, 1.54) is 0 Å². The first-order chi connectivity index (χ1) is 20.7. The number of nitriles is 2. The smallest absolute Gasteiger partial charge is 0.136 e. The van der Waals surface area contributed by atoms with Crippen LogP contribution in [0.4, 0.5) is 0 Å². The summed E-state index contributed by atoms with van der Waals surface area (Å²) in [5.74, 6) is 0. The fraction of sp³-hybridized carbons (Fsp3) is 0. The van der Waals surface area contributed by atoms with Crippen LogP contribution in [-0.2, 0) is 0 Å². The topological polar surface area (TPSA) is 73.9 Å². The van der Waals surface area contributed by atoms with Crippen molar-refractivity contribution >= 4 is 43.9 Å². The Morgan fingerprint density at radius 2 is 1.00 bits per heavy atom. The van der Waals surface area contributed by atoms with Crippen LogP contribution in [-0.4, -0.2) is 0 Å². The third-order valence-electron chi connectivity index (χ3n) is 7.96. The number of hydrogen-bond donors (Lipinski definition) is 0. The Morgan fingerprint density at radius 1 is 0.429 bits per heavy atom. The summed E-state index contributed by atoms with van der Waals surface area (Å²) in [6.45, 7) is 0. The Kier molecular flexibility index (Phi) is 5.22. The largest absolute Gasteiger partial charge is 0.456 e. The molecule has 0 aliphatic heterocycles. The molecule has 194 valence electrons. The van der Waals surface area contributed by atoms with Gasteiger partial charge in [-0.05, 0) is 70.8 Å². The van der Waals surface area contributed by atoms with Crippen LogP contribution in [0.15, 0.2) is 130 Å². The zero-order valence-electron chi connectivity index (χ0n) is 22.3. The first-order valence-corrected chi connectivity index (χ1v) is 13.6. The number of fused-ring (bicyclic) bond motifs is 6. The summed E-state index contributed by atoms with van der Waals surface area (Å²) < 4.78 is 12.4. The highest BCUT2D eigenvalue weighted by atomic mass is 16.3. The number of nitrogens with zero attached hydrogens (tertiary/aromatic N) is 2. The van der Waals surface area contributed by atoms with Gasteiger partial charge < -0.3 is 8.83 Å². The molecule has 8 aromatic rings. The second-order valence-electron chi connectivity index (χ2n) is 10.3. The van der Waals surface area contributed by atoms with Crippen molar-refractivity contribution in [2.75, 3.05) is 0 Å². The first kappa shape index (κ1) is 23.8. The van der Waals surface area contributed by atoms with Gasteiger partial charge in [0.25, 0.3) is 0 Å². The molecule has 0 saturated heterocycles. The Balaban J connectivity index is 1.51. The summed E-state index contributed by atoms with van der Waals surface area (Å²) in [4.78, 5) is 0. The van der Waals surface area contributed by atoms with E-state index in [2.05, 4.69) is 42.5 Å². The lowest BCUT2D eigenvalue weighted by Crippen LogP contribution is -1.94. The molecule has 0 radical (unpaired) electrons. The Bertz CT molecular complexity index is 2450. The van der Waals surface area contributed by atoms with Crippen LogP contribution in [0.2, 0.25) is 0 Å². The minimum Gasteiger partial charge on any atom is -0.456 e. The Labute approximate surface area is 240 Å². The average Bonchev–Trinajstić information content (AvgIpc) is 3.62. The van der Waals surface area contributed by atoms with E-state index in [0.717, 1.165) is 77.3 Å². The van der Waals surface area contributed by atoms with E-state index in [0.29, 0.717) is 11.1 Å². The molecule has 0 saturated carbocycles. The second-order valence-corrected chi connectivity index (χ2v) is 10.3. The van der Waals surface area contributed by atoms with Gasteiger partial charge in [-0.2, -0.15) is 10.5 Å². The first-order valence-electron chi connectivity index (χ1n) is 13.6. The predicted molar refractivity (Wildman–Crippen MR) is 167 cm³/mol. The zero-order valence-corrected chi connectivity index (χ0v) is 22.3. The van der Waals surface area contributed by atoms with E-state index in [1.54, 1.807) is 6.07 Å². The van der Waals surface area contributed by atoms with Crippen LogP contribution in [0.1, 0.15) is 11.1 Å². The molecule has 0 spiro atoms. The molecule has 42 heavy (non-hydrogen) atoms. The maximum atomic E-state index is 10.7. The van der Waals surface area contributed by atoms with Crippen LogP contribution in [0.5, 0.6) is 0 Å². The van der Waals surface area contributed by atoms with Crippen molar-refractivity contribution in [1.82, 2.24) is 0 Å². The van der Waals surface area contributed by atoms with E-state index in [9.17, 15) is 10.5 Å². The highest BCUT2D eigenvalue weighted by Gasteiger charge is 2.21. The highest BCUT2D eigenvalue weighted by Crippen LogP contribution is 2.44. The summed E-state index contributed by atoms with van der Waals surface area (Å²) in [5, 5.41) is 24.3. The van der Waals surface area contributed by atoms with Crippen molar-refractivity contribution in [1.29, 1.82) is 10.5 Å². The van der Waals surface area contributed by atoms with Gasteiger partial charge in [-0.15, -0.1) is 0 Å². The van der Waals surface area contributed by atoms with Crippen molar-refractivity contribution in [2.45, 2.75) is 0 Å². The van der Waals surface area contributed by atoms with Gasteiger partial charge in [-0.25, -0.2) is 0 Å². The molecule has 4 nitrogen and oxygen atoms in total. The summed E-state index contributed by atoms with van der Waals surface area (Å²) in [7, 11) is 0. The van der Waals surface area contributed by atoms with Crippen molar-refractivity contribution in [3.05, 3.63) is 132 Å². The quantitative estimate of drug-likeness (QED) is 0.225. The van der Waals surface area contributed by atoms with Crippen molar-refractivity contribution in [2.24, 2.45) is 0 Å². The van der Waals surface area contributed by atoms with Gasteiger partial charge in [0, 0.05) is 32.7 Å². The highest BCUT2D eigenvalue weighted by molar-refractivity contribution is 6.15. The summed E-state index contributed by atoms with van der Waals surface area (Å²) in [6.07, 6.45) is 0. The van der Waals surface area contributed by atoms with Gasteiger partial charge in [-0.3, -0.25) is 0 Å². The van der Waals surface area contributed by atoms with Gasteiger partial charge >= 0.3 is 0 Å². The fourth-order valence-electron chi connectivity index (χ4n) is 6.13. The van der Waals surface area contributed by atoms with Crippen LogP contribution in [0.3, 0.4) is 0 Å². The molecule has 0 aliphatic rings. The van der Waals surface area contributed by atoms with E-state index in [-0.39, 0.29) is 0 Å². The molecule has 0 aliphatic carbocycles. The van der Waals surface area contributed by atoms with Crippen LogP contribution in [0, 0.1) is 22.7 Å². The molecular weight excluding hydrogens is 516 g/mol. The number of furan rings is 2. The lowest BCUT2D eigenvalue weighted by atomic mass is 9.86. The minimum atomic E-state index is 0.536. The Morgan fingerprint density at radius 3 is 1.67 bits per heavy atom. The second kappa shape index (κ2) is 9.24. The van der Waals surface area contributed by atoms with Crippen LogP contribution in [0.25, 0.3) is 77.3 Å². The van der Waals surface area contributed by atoms with Crippen LogP contribution < -0.4 is 0 Å². The van der Waals surface area contributed by atoms with Gasteiger partial charge in [0.05, 0.1) is 17.2 Å². The number of benzene rings is 6. The summed E-state index contributed by atoms with van der Waals surface area (Å²) in [6, 6.07) is 44.4. The fourth-order valence-corrected chi connectivity index (χ4v) is 6.13. The van der Waals surface area contributed by atoms with E-state index in [1.807, 2.05) is 84.9 Å². The summed E-state index contributed by atoms with van der Waals surface area (Å²) in [5.41, 5.74) is 9.50. The third-order valence-corrected chi connectivity index (χ3v) is 7.96. The van der Waals surface area contributed by atoms with E-state index >= 15 is 0 Å².